The van der Waals surface area contributed by atoms with Gasteiger partial charge in [-0.3, -0.25) is 4.79 Å². The Kier molecular flexibility index (Phi) is 7.30. The van der Waals surface area contributed by atoms with E-state index in [4.69, 9.17) is 11.6 Å². The first-order chi connectivity index (χ1) is 14.7. The first kappa shape index (κ1) is 23.2. The van der Waals surface area contributed by atoms with E-state index in [1.165, 1.54) is 43.5 Å². The lowest BCUT2D eigenvalue weighted by atomic mass is 10.1. The highest BCUT2D eigenvalue weighted by molar-refractivity contribution is 7.89. The number of hydrogen-bond donors (Lipinski definition) is 1. The summed E-state index contributed by atoms with van der Waals surface area (Å²) in [7, 11) is -2.98. The van der Waals surface area contributed by atoms with Crippen molar-refractivity contribution in [2.75, 3.05) is 13.7 Å². The third-order valence-corrected chi connectivity index (χ3v) is 7.20. The SMILES string of the molecule is COC(=O)c1ccc(CN([C@@H]2CCCCNC2=O)S(=O)(=O)c2ccc(Cl)cc2)c(F)c1. The molecule has 1 N–H and O–H groups in total. The minimum atomic E-state index is -4.16. The quantitative estimate of drug-likeness (QED) is 0.657. The highest BCUT2D eigenvalue weighted by Gasteiger charge is 2.37. The van der Waals surface area contributed by atoms with Gasteiger partial charge in [-0.1, -0.05) is 17.7 Å². The summed E-state index contributed by atoms with van der Waals surface area (Å²) in [6.07, 6.45) is 1.67. The zero-order chi connectivity index (χ0) is 22.6. The molecule has 0 bridgehead atoms. The fourth-order valence-electron chi connectivity index (χ4n) is 3.39. The molecule has 1 amide bonds. The predicted octanol–water partition coefficient (Wildman–Crippen LogP) is 3.13. The van der Waals surface area contributed by atoms with Crippen LogP contribution < -0.4 is 5.32 Å². The van der Waals surface area contributed by atoms with Gasteiger partial charge >= 0.3 is 5.97 Å². The van der Waals surface area contributed by atoms with E-state index in [2.05, 4.69) is 10.1 Å². The molecule has 0 unspecified atom stereocenters. The van der Waals surface area contributed by atoms with Gasteiger partial charge in [0.15, 0.2) is 0 Å². The van der Waals surface area contributed by atoms with Crippen molar-refractivity contribution in [2.45, 2.75) is 36.7 Å². The molecule has 0 spiro atoms. The Morgan fingerprint density at radius 2 is 1.94 bits per heavy atom. The maximum atomic E-state index is 14.7. The van der Waals surface area contributed by atoms with Crippen LogP contribution in [0.5, 0.6) is 0 Å². The summed E-state index contributed by atoms with van der Waals surface area (Å²) in [5, 5.41) is 3.08. The average Bonchev–Trinajstić information content (AvgIpc) is 2.96. The number of ether oxygens (including phenoxy) is 1. The molecule has 0 radical (unpaired) electrons. The topological polar surface area (TPSA) is 92.8 Å². The van der Waals surface area contributed by atoms with Crippen LogP contribution in [-0.4, -0.2) is 44.3 Å². The fraction of sp³-hybridized carbons (Fsp3) is 0.333. The first-order valence-electron chi connectivity index (χ1n) is 9.66. The summed E-state index contributed by atoms with van der Waals surface area (Å²) < 4.78 is 47.2. The number of nitrogens with one attached hydrogen (secondary N) is 1. The van der Waals surface area contributed by atoms with Crippen molar-refractivity contribution >= 4 is 33.5 Å². The monoisotopic (exact) mass is 468 g/mol. The molecule has 1 saturated heterocycles. The first-order valence-corrected chi connectivity index (χ1v) is 11.5. The molecule has 166 valence electrons. The normalized spacial score (nSPS) is 17.2. The van der Waals surface area contributed by atoms with Crippen LogP contribution in [-0.2, 0) is 26.1 Å². The van der Waals surface area contributed by atoms with Crippen molar-refractivity contribution in [3.05, 3.63) is 64.4 Å². The summed E-state index contributed by atoms with van der Waals surface area (Å²) in [5.41, 5.74) is 0.0327. The van der Waals surface area contributed by atoms with Crippen molar-refractivity contribution < 1.29 is 27.1 Å². The molecular weight excluding hydrogens is 447 g/mol. The van der Waals surface area contributed by atoms with Gasteiger partial charge in [0.1, 0.15) is 11.9 Å². The Balaban J connectivity index is 2.03. The van der Waals surface area contributed by atoms with Crippen LogP contribution in [0.2, 0.25) is 5.02 Å². The van der Waals surface area contributed by atoms with Gasteiger partial charge < -0.3 is 10.1 Å². The van der Waals surface area contributed by atoms with E-state index in [1.807, 2.05) is 0 Å². The summed E-state index contributed by atoms with van der Waals surface area (Å²) >= 11 is 5.88. The van der Waals surface area contributed by atoms with E-state index < -0.39 is 33.8 Å². The number of esters is 1. The van der Waals surface area contributed by atoms with E-state index in [-0.39, 0.29) is 22.6 Å². The molecule has 1 aliphatic rings. The molecule has 1 fully saturated rings. The maximum Gasteiger partial charge on any atom is 0.337 e. The largest absolute Gasteiger partial charge is 0.465 e. The van der Waals surface area contributed by atoms with Gasteiger partial charge in [-0.2, -0.15) is 4.31 Å². The Morgan fingerprint density at radius 3 is 2.58 bits per heavy atom. The summed E-state index contributed by atoms with van der Waals surface area (Å²) in [5.74, 6) is -1.91. The standard InChI is InChI=1S/C21H22ClFN2O5S/c1-30-21(27)14-5-6-15(18(23)12-14)13-25(19-4-2-3-11-24-20(19)26)31(28,29)17-9-7-16(22)8-10-17/h5-10,12,19H,2-4,11,13H2,1H3,(H,24,26)/t19-/m1/s1. The van der Waals surface area contributed by atoms with E-state index in [0.29, 0.717) is 24.4 Å². The molecule has 0 aromatic heterocycles. The maximum absolute atomic E-state index is 14.7. The fourth-order valence-corrected chi connectivity index (χ4v) is 5.11. The highest BCUT2D eigenvalue weighted by atomic mass is 35.5. The lowest BCUT2D eigenvalue weighted by Crippen LogP contribution is -2.48. The van der Waals surface area contributed by atoms with Crippen LogP contribution >= 0.6 is 11.6 Å². The van der Waals surface area contributed by atoms with E-state index >= 15 is 0 Å². The third-order valence-electron chi connectivity index (χ3n) is 5.07. The van der Waals surface area contributed by atoms with Gasteiger partial charge in [0.25, 0.3) is 0 Å². The lowest BCUT2D eigenvalue weighted by Gasteiger charge is -2.29. The minimum Gasteiger partial charge on any atom is -0.465 e. The van der Waals surface area contributed by atoms with Gasteiger partial charge in [-0.25, -0.2) is 17.6 Å². The Hall–Kier alpha value is -2.49. The van der Waals surface area contributed by atoms with Crippen molar-refractivity contribution in [3.63, 3.8) is 0 Å². The van der Waals surface area contributed by atoms with Crippen LogP contribution in [0.25, 0.3) is 0 Å². The zero-order valence-electron chi connectivity index (χ0n) is 16.8. The third kappa shape index (κ3) is 5.23. The van der Waals surface area contributed by atoms with E-state index in [0.717, 1.165) is 16.8 Å². The number of carbonyl (C=O) groups is 2. The van der Waals surface area contributed by atoms with Crippen LogP contribution in [0.3, 0.4) is 0 Å². The molecule has 0 saturated carbocycles. The molecule has 2 aromatic rings. The molecule has 1 heterocycles. The number of hydrogen-bond acceptors (Lipinski definition) is 5. The summed E-state index contributed by atoms with van der Waals surface area (Å²) in [6, 6.07) is 8.22. The Morgan fingerprint density at radius 1 is 1.23 bits per heavy atom. The van der Waals surface area contributed by atoms with E-state index in [9.17, 15) is 22.4 Å². The van der Waals surface area contributed by atoms with Crippen molar-refractivity contribution in [1.82, 2.24) is 9.62 Å². The zero-order valence-corrected chi connectivity index (χ0v) is 18.4. The highest BCUT2D eigenvalue weighted by Crippen LogP contribution is 2.27. The molecular formula is C21H22ClFN2O5S. The number of sulfonamides is 1. The van der Waals surface area contributed by atoms with Crippen molar-refractivity contribution in [2.24, 2.45) is 0 Å². The number of amides is 1. The smallest absolute Gasteiger partial charge is 0.337 e. The van der Waals surface area contributed by atoms with Gasteiger partial charge in [-0.15, -0.1) is 0 Å². The van der Waals surface area contributed by atoms with Crippen LogP contribution in [0.4, 0.5) is 4.39 Å². The molecule has 10 heteroatoms. The minimum absolute atomic E-state index is 0.00284. The average molecular weight is 469 g/mol. The van der Waals surface area contributed by atoms with Gasteiger partial charge in [0.05, 0.1) is 17.6 Å². The molecule has 1 atom stereocenters. The second-order valence-electron chi connectivity index (χ2n) is 7.10. The molecule has 31 heavy (non-hydrogen) atoms. The number of nitrogens with zero attached hydrogens (tertiary/aromatic N) is 1. The van der Waals surface area contributed by atoms with Crippen LogP contribution in [0.1, 0.15) is 35.2 Å². The summed E-state index contributed by atoms with van der Waals surface area (Å²) in [4.78, 5) is 24.2. The van der Waals surface area contributed by atoms with Gasteiger partial charge in [-0.05, 0) is 55.7 Å². The van der Waals surface area contributed by atoms with Crippen molar-refractivity contribution in [3.8, 4) is 0 Å². The second-order valence-corrected chi connectivity index (χ2v) is 9.43. The van der Waals surface area contributed by atoms with Gasteiger partial charge in [0.2, 0.25) is 15.9 Å². The number of halogens is 2. The molecule has 0 aliphatic carbocycles. The number of rotatable bonds is 6. The predicted molar refractivity (Wildman–Crippen MR) is 113 cm³/mol. The Bertz CT molecular complexity index is 1080. The van der Waals surface area contributed by atoms with Crippen molar-refractivity contribution in [1.29, 1.82) is 0 Å². The second kappa shape index (κ2) is 9.76. The lowest BCUT2D eigenvalue weighted by molar-refractivity contribution is -0.124. The number of carbonyl (C=O) groups excluding carboxylic acids is 2. The molecule has 7 nitrogen and oxygen atoms in total. The molecule has 2 aromatic carbocycles. The van der Waals surface area contributed by atoms with Crippen LogP contribution in [0.15, 0.2) is 47.4 Å². The van der Waals surface area contributed by atoms with E-state index in [1.54, 1.807) is 0 Å². The summed E-state index contributed by atoms with van der Waals surface area (Å²) in [6.45, 7) is 0.0721. The molecule has 1 aliphatic heterocycles. The number of benzene rings is 2. The van der Waals surface area contributed by atoms with Crippen LogP contribution in [0, 0.1) is 5.82 Å². The molecule has 3 rings (SSSR count). The van der Waals surface area contributed by atoms with Gasteiger partial charge in [0, 0.05) is 23.7 Å². The Labute approximate surface area is 185 Å². The number of methoxy groups -OCH3 is 1.